The summed E-state index contributed by atoms with van der Waals surface area (Å²) in [5.74, 6) is 0.788. The first kappa shape index (κ1) is 21.2. The van der Waals surface area contributed by atoms with Crippen molar-refractivity contribution in [1.82, 2.24) is 19.5 Å². The Bertz CT molecular complexity index is 1130. The highest BCUT2D eigenvalue weighted by Gasteiger charge is 2.34. The minimum atomic E-state index is -4.51. The standard InChI is InChI=1S/C19H19F3N6O2S/c1-10-4-12(5-23-15(10)19(20,21)22)18-26-14(7-31-18)25-17(29)11(2)28-8-24-16-13(28)6-30-9-27(16)3/h4-5,7-8,11H,6,9H2,1-3H3,(H,25,29)/t11-/m0/s1. The van der Waals surface area contributed by atoms with E-state index < -0.39 is 17.9 Å². The van der Waals surface area contributed by atoms with Crippen LogP contribution < -0.4 is 10.2 Å². The fourth-order valence-corrected chi connectivity index (χ4v) is 4.05. The molecule has 4 heterocycles. The fraction of sp³-hybridized carbons (Fsp3) is 0.368. The van der Waals surface area contributed by atoms with Gasteiger partial charge in [0.2, 0.25) is 5.91 Å². The maximum absolute atomic E-state index is 12.9. The molecular formula is C19H19F3N6O2S. The third kappa shape index (κ3) is 4.12. The van der Waals surface area contributed by atoms with Crippen molar-refractivity contribution < 1.29 is 22.7 Å². The Balaban J connectivity index is 1.49. The number of anilines is 2. The minimum absolute atomic E-state index is 0.0106. The molecule has 3 aromatic rings. The van der Waals surface area contributed by atoms with Crippen LogP contribution in [0, 0.1) is 6.92 Å². The van der Waals surface area contributed by atoms with Crippen LogP contribution in [0.5, 0.6) is 0 Å². The summed E-state index contributed by atoms with van der Waals surface area (Å²) < 4.78 is 46.0. The molecule has 4 rings (SSSR count). The molecule has 0 aliphatic carbocycles. The van der Waals surface area contributed by atoms with Crippen molar-refractivity contribution in [3.8, 4) is 10.6 Å². The van der Waals surface area contributed by atoms with Crippen molar-refractivity contribution >= 4 is 28.9 Å². The zero-order valence-electron chi connectivity index (χ0n) is 16.9. The number of aromatic nitrogens is 4. The second-order valence-electron chi connectivity index (χ2n) is 7.19. The van der Waals surface area contributed by atoms with E-state index in [1.165, 1.54) is 24.3 Å². The summed E-state index contributed by atoms with van der Waals surface area (Å²) in [6.45, 7) is 3.88. The van der Waals surface area contributed by atoms with Crippen LogP contribution in [0.25, 0.3) is 10.6 Å². The molecule has 0 aromatic carbocycles. The molecule has 1 aliphatic heterocycles. The van der Waals surface area contributed by atoms with Gasteiger partial charge in [0.25, 0.3) is 0 Å². The van der Waals surface area contributed by atoms with Crippen molar-refractivity contribution in [1.29, 1.82) is 0 Å². The third-order valence-corrected chi connectivity index (χ3v) is 5.80. The number of carbonyl (C=O) groups is 1. The number of thiazole rings is 1. The van der Waals surface area contributed by atoms with Crippen molar-refractivity contribution in [2.24, 2.45) is 0 Å². The SMILES string of the molecule is Cc1cc(-c2nc(NC(=O)[C@H](C)n3cnc4c3COCN4C)cs2)cnc1C(F)(F)F. The summed E-state index contributed by atoms with van der Waals surface area (Å²) in [4.78, 5) is 26.8. The van der Waals surface area contributed by atoms with Gasteiger partial charge in [-0.15, -0.1) is 11.3 Å². The van der Waals surface area contributed by atoms with E-state index in [2.05, 4.69) is 20.3 Å². The topological polar surface area (TPSA) is 85.2 Å². The number of imidazole rings is 1. The number of fused-ring (bicyclic) bond motifs is 1. The lowest BCUT2D eigenvalue weighted by Crippen LogP contribution is -2.30. The zero-order valence-corrected chi connectivity index (χ0v) is 17.7. The van der Waals surface area contributed by atoms with Crippen molar-refractivity contribution in [3.63, 3.8) is 0 Å². The first-order valence-corrected chi connectivity index (χ1v) is 10.2. The summed E-state index contributed by atoms with van der Waals surface area (Å²) in [6.07, 6.45) is -1.77. The van der Waals surface area contributed by atoms with E-state index in [4.69, 9.17) is 4.74 Å². The van der Waals surface area contributed by atoms with E-state index in [1.54, 1.807) is 23.2 Å². The number of amides is 1. The van der Waals surface area contributed by atoms with E-state index in [0.717, 1.165) is 17.7 Å². The number of nitrogens with zero attached hydrogens (tertiary/aromatic N) is 5. The van der Waals surface area contributed by atoms with E-state index >= 15 is 0 Å². The number of hydrogen-bond donors (Lipinski definition) is 1. The van der Waals surface area contributed by atoms with Gasteiger partial charge in [0.1, 0.15) is 29.3 Å². The molecule has 0 spiro atoms. The van der Waals surface area contributed by atoms with E-state index in [1.807, 2.05) is 11.9 Å². The van der Waals surface area contributed by atoms with Crippen LogP contribution >= 0.6 is 11.3 Å². The van der Waals surface area contributed by atoms with Crippen LogP contribution in [-0.4, -0.2) is 39.2 Å². The molecule has 1 N–H and O–H groups in total. The van der Waals surface area contributed by atoms with Crippen LogP contribution in [0.1, 0.15) is 29.9 Å². The van der Waals surface area contributed by atoms with E-state index in [0.29, 0.717) is 29.7 Å². The molecule has 0 saturated heterocycles. The molecule has 1 aliphatic rings. The van der Waals surface area contributed by atoms with Gasteiger partial charge in [-0.3, -0.25) is 9.78 Å². The first-order chi connectivity index (χ1) is 14.6. The normalized spacial score (nSPS) is 15.0. The van der Waals surface area contributed by atoms with Gasteiger partial charge in [0.15, 0.2) is 5.82 Å². The number of nitrogens with one attached hydrogen (secondary N) is 1. The Hall–Kier alpha value is -2.99. The highest BCUT2D eigenvalue weighted by molar-refractivity contribution is 7.13. The van der Waals surface area contributed by atoms with Gasteiger partial charge in [-0.05, 0) is 25.5 Å². The van der Waals surface area contributed by atoms with Crippen LogP contribution in [-0.2, 0) is 22.3 Å². The molecule has 31 heavy (non-hydrogen) atoms. The van der Waals surface area contributed by atoms with E-state index in [-0.39, 0.29) is 11.5 Å². The lowest BCUT2D eigenvalue weighted by Gasteiger charge is -2.25. The minimum Gasteiger partial charge on any atom is -0.355 e. The van der Waals surface area contributed by atoms with Crippen molar-refractivity contribution in [3.05, 3.63) is 40.9 Å². The van der Waals surface area contributed by atoms with Crippen LogP contribution in [0.4, 0.5) is 24.8 Å². The lowest BCUT2D eigenvalue weighted by atomic mass is 10.1. The molecule has 1 amide bonds. The average Bonchev–Trinajstić information content (AvgIpc) is 3.34. The smallest absolute Gasteiger partial charge is 0.355 e. The van der Waals surface area contributed by atoms with Crippen molar-refractivity contribution in [2.45, 2.75) is 32.7 Å². The summed E-state index contributed by atoms with van der Waals surface area (Å²) in [7, 11) is 1.86. The number of aryl methyl sites for hydroxylation is 1. The molecule has 0 bridgehead atoms. The van der Waals surface area contributed by atoms with Gasteiger partial charge in [-0.1, -0.05) is 0 Å². The summed E-state index contributed by atoms with van der Waals surface area (Å²) in [6, 6.07) is 0.823. The average molecular weight is 452 g/mol. The second-order valence-corrected chi connectivity index (χ2v) is 8.05. The van der Waals surface area contributed by atoms with Gasteiger partial charge in [0, 0.05) is 24.2 Å². The first-order valence-electron chi connectivity index (χ1n) is 9.30. The Morgan fingerprint density at radius 1 is 1.35 bits per heavy atom. The number of carbonyl (C=O) groups excluding carboxylic acids is 1. The van der Waals surface area contributed by atoms with Gasteiger partial charge in [0.05, 0.1) is 18.6 Å². The number of rotatable bonds is 4. The number of halogens is 3. The largest absolute Gasteiger partial charge is 0.433 e. The molecule has 12 heteroatoms. The molecule has 0 unspecified atom stereocenters. The van der Waals surface area contributed by atoms with Gasteiger partial charge >= 0.3 is 6.18 Å². The summed E-state index contributed by atoms with van der Waals surface area (Å²) in [5.41, 5.74) is 0.347. The molecule has 0 saturated carbocycles. The Labute approximate surface area is 179 Å². The molecule has 3 aromatic heterocycles. The van der Waals surface area contributed by atoms with Gasteiger partial charge in [-0.25, -0.2) is 9.97 Å². The van der Waals surface area contributed by atoms with Crippen LogP contribution in [0.3, 0.4) is 0 Å². The maximum atomic E-state index is 12.9. The molecule has 0 fully saturated rings. The number of pyridine rings is 1. The summed E-state index contributed by atoms with van der Waals surface area (Å²) in [5, 5.41) is 4.84. The van der Waals surface area contributed by atoms with Crippen LogP contribution in [0.2, 0.25) is 0 Å². The van der Waals surface area contributed by atoms with Gasteiger partial charge in [-0.2, -0.15) is 13.2 Å². The second kappa shape index (κ2) is 7.93. The molecule has 8 nitrogen and oxygen atoms in total. The third-order valence-electron chi connectivity index (χ3n) is 4.91. The highest BCUT2D eigenvalue weighted by atomic mass is 32.1. The maximum Gasteiger partial charge on any atom is 0.433 e. The number of alkyl halides is 3. The number of ether oxygens (including phenoxy) is 1. The fourth-order valence-electron chi connectivity index (χ4n) is 3.32. The predicted octanol–water partition coefficient (Wildman–Crippen LogP) is 3.85. The lowest BCUT2D eigenvalue weighted by molar-refractivity contribution is -0.141. The Morgan fingerprint density at radius 2 is 2.13 bits per heavy atom. The van der Waals surface area contributed by atoms with Crippen LogP contribution in [0.15, 0.2) is 24.0 Å². The molecule has 164 valence electrons. The highest BCUT2D eigenvalue weighted by Crippen LogP contribution is 2.33. The van der Waals surface area contributed by atoms with Crippen molar-refractivity contribution in [2.75, 3.05) is 24.0 Å². The van der Waals surface area contributed by atoms with E-state index in [9.17, 15) is 18.0 Å². The summed E-state index contributed by atoms with van der Waals surface area (Å²) >= 11 is 1.21. The molecule has 1 atom stereocenters. The zero-order chi connectivity index (χ0) is 22.3. The molecule has 0 radical (unpaired) electrons. The Kier molecular flexibility index (Phi) is 5.43. The Morgan fingerprint density at radius 3 is 2.84 bits per heavy atom. The monoisotopic (exact) mass is 452 g/mol. The predicted molar refractivity (Wildman–Crippen MR) is 109 cm³/mol. The van der Waals surface area contributed by atoms with Gasteiger partial charge < -0.3 is 19.5 Å². The molecular weight excluding hydrogens is 433 g/mol. The quantitative estimate of drug-likeness (QED) is 0.647. The number of hydrogen-bond acceptors (Lipinski definition) is 7.